The van der Waals surface area contributed by atoms with Crippen LogP contribution in [0.2, 0.25) is 0 Å². The fourth-order valence-electron chi connectivity index (χ4n) is 3.16. The van der Waals surface area contributed by atoms with Crippen LogP contribution in [-0.4, -0.2) is 42.0 Å². The average Bonchev–Trinajstić information content (AvgIpc) is 2.64. The summed E-state index contributed by atoms with van der Waals surface area (Å²) < 4.78 is 0. The Labute approximate surface area is 137 Å². The highest BCUT2D eigenvalue weighted by molar-refractivity contribution is 5.84. The quantitative estimate of drug-likeness (QED) is 0.871. The maximum absolute atomic E-state index is 12.9. The molecule has 0 N–H and O–H groups in total. The molecule has 2 aromatic rings. The summed E-state index contributed by atoms with van der Waals surface area (Å²) in [5, 5.41) is 0. The molecule has 1 aliphatic heterocycles. The summed E-state index contributed by atoms with van der Waals surface area (Å²) in [5.74, 6) is 1.21. The normalized spacial score (nSPS) is 16.2. The molecule has 3 rings (SSSR count). The number of anilines is 1. The van der Waals surface area contributed by atoms with E-state index in [0.717, 1.165) is 44.0 Å². The number of carbonyl (C=O) groups excluding carboxylic acids is 1. The van der Waals surface area contributed by atoms with Crippen molar-refractivity contribution in [1.82, 2.24) is 9.88 Å². The van der Waals surface area contributed by atoms with Gasteiger partial charge in [-0.3, -0.25) is 4.79 Å². The monoisotopic (exact) mass is 309 g/mol. The first-order valence-corrected chi connectivity index (χ1v) is 8.29. The first-order chi connectivity index (χ1) is 11.3. The van der Waals surface area contributed by atoms with Crippen LogP contribution in [0.15, 0.2) is 54.7 Å². The summed E-state index contributed by atoms with van der Waals surface area (Å²) in [6.45, 7) is 5.29. The van der Waals surface area contributed by atoms with Gasteiger partial charge in [0.05, 0.1) is 5.92 Å². The van der Waals surface area contributed by atoms with E-state index in [2.05, 4.69) is 28.9 Å². The van der Waals surface area contributed by atoms with E-state index >= 15 is 0 Å². The molecule has 0 spiro atoms. The van der Waals surface area contributed by atoms with Gasteiger partial charge in [0.1, 0.15) is 5.82 Å². The van der Waals surface area contributed by atoms with Gasteiger partial charge in [0.25, 0.3) is 0 Å². The van der Waals surface area contributed by atoms with E-state index in [1.165, 1.54) is 0 Å². The molecule has 120 valence electrons. The molecule has 0 saturated carbocycles. The van der Waals surface area contributed by atoms with Gasteiger partial charge in [-0.2, -0.15) is 0 Å². The molecule has 0 radical (unpaired) electrons. The molecule has 23 heavy (non-hydrogen) atoms. The van der Waals surface area contributed by atoms with Crippen LogP contribution < -0.4 is 4.90 Å². The molecule has 1 aromatic heterocycles. The van der Waals surface area contributed by atoms with Crippen molar-refractivity contribution in [3.05, 3.63) is 60.3 Å². The molecule has 0 bridgehead atoms. The fourth-order valence-corrected chi connectivity index (χ4v) is 3.16. The zero-order chi connectivity index (χ0) is 16.1. The minimum atomic E-state index is -0.0300. The SMILES string of the molecule is CC[C@H](C(=O)N1CCN(c2ccccn2)CC1)c1ccccc1. The Balaban J connectivity index is 1.64. The molecule has 4 heteroatoms. The van der Waals surface area contributed by atoms with Crippen molar-refractivity contribution in [2.75, 3.05) is 31.1 Å². The highest BCUT2D eigenvalue weighted by Crippen LogP contribution is 2.23. The van der Waals surface area contributed by atoms with Crippen molar-refractivity contribution in [2.24, 2.45) is 0 Å². The lowest BCUT2D eigenvalue weighted by atomic mass is 9.95. The van der Waals surface area contributed by atoms with Gasteiger partial charge in [-0.1, -0.05) is 43.3 Å². The number of rotatable bonds is 4. The number of pyridine rings is 1. The van der Waals surface area contributed by atoms with Gasteiger partial charge in [0.2, 0.25) is 5.91 Å². The molecule has 1 aliphatic rings. The maximum atomic E-state index is 12.9. The third kappa shape index (κ3) is 3.52. The van der Waals surface area contributed by atoms with Crippen LogP contribution in [0.5, 0.6) is 0 Å². The standard InChI is InChI=1S/C19H23N3O/c1-2-17(16-8-4-3-5-9-16)19(23)22-14-12-21(13-15-22)18-10-6-7-11-20-18/h3-11,17H,2,12-15H2,1H3/t17-/m0/s1. The summed E-state index contributed by atoms with van der Waals surface area (Å²) >= 11 is 0. The van der Waals surface area contributed by atoms with Gasteiger partial charge < -0.3 is 9.80 Å². The van der Waals surface area contributed by atoms with E-state index in [1.807, 2.05) is 47.5 Å². The number of benzene rings is 1. The van der Waals surface area contributed by atoms with Crippen LogP contribution >= 0.6 is 0 Å². The first-order valence-electron chi connectivity index (χ1n) is 8.29. The third-order valence-electron chi connectivity index (χ3n) is 4.47. The Morgan fingerprint density at radius 3 is 2.35 bits per heavy atom. The number of nitrogens with zero attached hydrogens (tertiary/aromatic N) is 3. The van der Waals surface area contributed by atoms with E-state index in [9.17, 15) is 4.79 Å². The highest BCUT2D eigenvalue weighted by atomic mass is 16.2. The van der Waals surface area contributed by atoms with Crippen molar-refractivity contribution < 1.29 is 4.79 Å². The molecule has 1 atom stereocenters. The molecule has 1 fully saturated rings. The molecule has 0 unspecified atom stereocenters. The van der Waals surface area contributed by atoms with E-state index < -0.39 is 0 Å². The largest absolute Gasteiger partial charge is 0.353 e. The molecular weight excluding hydrogens is 286 g/mol. The topological polar surface area (TPSA) is 36.4 Å². The highest BCUT2D eigenvalue weighted by Gasteiger charge is 2.27. The van der Waals surface area contributed by atoms with Gasteiger partial charge >= 0.3 is 0 Å². The number of amides is 1. The van der Waals surface area contributed by atoms with Gasteiger partial charge in [-0.25, -0.2) is 4.98 Å². The average molecular weight is 309 g/mol. The molecular formula is C19H23N3O. The number of aromatic nitrogens is 1. The minimum absolute atomic E-state index is 0.0300. The van der Waals surface area contributed by atoms with Gasteiger partial charge in [-0.15, -0.1) is 0 Å². The lowest BCUT2D eigenvalue weighted by molar-refractivity contribution is -0.133. The second-order valence-corrected chi connectivity index (χ2v) is 5.87. The molecule has 1 amide bonds. The Bertz CT molecular complexity index is 622. The number of hydrogen-bond acceptors (Lipinski definition) is 3. The van der Waals surface area contributed by atoms with E-state index in [1.54, 1.807) is 0 Å². The lowest BCUT2D eigenvalue weighted by Crippen LogP contribution is -2.50. The smallest absolute Gasteiger partial charge is 0.230 e. The summed E-state index contributed by atoms with van der Waals surface area (Å²) in [7, 11) is 0. The predicted octanol–water partition coefficient (Wildman–Crippen LogP) is 2.92. The van der Waals surface area contributed by atoms with E-state index in [-0.39, 0.29) is 11.8 Å². The Morgan fingerprint density at radius 1 is 1.04 bits per heavy atom. The molecule has 1 saturated heterocycles. The summed E-state index contributed by atoms with van der Waals surface area (Å²) in [5.41, 5.74) is 1.12. The molecule has 0 aliphatic carbocycles. The fraction of sp³-hybridized carbons (Fsp3) is 0.368. The van der Waals surface area contributed by atoms with Gasteiger partial charge in [-0.05, 0) is 24.1 Å². The first kappa shape index (κ1) is 15.5. The predicted molar refractivity (Wildman–Crippen MR) is 92.5 cm³/mol. The minimum Gasteiger partial charge on any atom is -0.353 e. The second kappa shape index (κ2) is 7.27. The maximum Gasteiger partial charge on any atom is 0.230 e. The van der Waals surface area contributed by atoms with Crippen LogP contribution in [0.3, 0.4) is 0 Å². The van der Waals surface area contributed by atoms with Crippen molar-refractivity contribution in [3.8, 4) is 0 Å². The van der Waals surface area contributed by atoms with Crippen LogP contribution in [0.4, 0.5) is 5.82 Å². The molecule has 2 heterocycles. The van der Waals surface area contributed by atoms with Crippen LogP contribution in [0.25, 0.3) is 0 Å². The van der Waals surface area contributed by atoms with Crippen molar-refractivity contribution in [1.29, 1.82) is 0 Å². The van der Waals surface area contributed by atoms with Crippen LogP contribution in [-0.2, 0) is 4.79 Å². The zero-order valence-corrected chi connectivity index (χ0v) is 13.6. The lowest BCUT2D eigenvalue weighted by Gasteiger charge is -2.37. The Hall–Kier alpha value is -2.36. The number of carbonyl (C=O) groups is 1. The molecule has 4 nitrogen and oxygen atoms in total. The third-order valence-corrected chi connectivity index (χ3v) is 4.47. The Kier molecular flexibility index (Phi) is 4.91. The summed E-state index contributed by atoms with van der Waals surface area (Å²) in [4.78, 5) is 21.5. The van der Waals surface area contributed by atoms with E-state index in [0.29, 0.717) is 0 Å². The Morgan fingerprint density at radius 2 is 1.74 bits per heavy atom. The number of hydrogen-bond donors (Lipinski definition) is 0. The van der Waals surface area contributed by atoms with Crippen molar-refractivity contribution in [3.63, 3.8) is 0 Å². The second-order valence-electron chi connectivity index (χ2n) is 5.87. The molecule has 1 aromatic carbocycles. The zero-order valence-electron chi connectivity index (χ0n) is 13.6. The van der Waals surface area contributed by atoms with Crippen LogP contribution in [0.1, 0.15) is 24.8 Å². The van der Waals surface area contributed by atoms with Crippen molar-refractivity contribution in [2.45, 2.75) is 19.3 Å². The van der Waals surface area contributed by atoms with Crippen molar-refractivity contribution >= 4 is 11.7 Å². The van der Waals surface area contributed by atoms with Crippen LogP contribution in [0, 0.1) is 0 Å². The summed E-state index contributed by atoms with van der Waals surface area (Å²) in [6, 6.07) is 16.1. The summed E-state index contributed by atoms with van der Waals surface area (Å²) in [6.07, 6.45) is 2.65. The van der Waals surface area contributed by atoms with Gasteiger partial charge in [0.15, 0.2) is 0 Å². The van der Waals surface area contributed by atoms with Gasteiger partial charge in [0, 0.05) is 32.4 Å². The van der Waals surface area contributed by atoms with E-state index in [4.69, 9.17) is 0 Å². The number of piperazine rings is 1.